The number of aliphatic hydroxyl groups excluding tert-OH is 1. The number of rotatable bonds is 3. The second kappa shape index (κ2) is 4.28. The van der Waals surface area contributed by atoms with E-state index < -0.39 is 0 Å². The molecule has 0 spiro atoms. The monoisotopic (exact) mass is 205 g/mol. The van der Waals surface area contributed by atoms with Gasteiger partial charge in [-0.15, -0.1) is 0 Å². The van der Waals surface area contributed by atoms with E-state index in [4.69, 9.17) is 5.11 Å². The average Bonchev–Trinajstić information content (AvgIpc) is 2.65. The largest absolute Gasteiger partial charge is 0.390 e. The van der Waals surface area contributed by atoms with Crippen molar-refractivity contribution < 1.29 is 9.50 Å². The van der Waals surface area contributed by atoms with Crippen molar-refractivity contribution >= 4 is 0 Å². The van der Waals surface area contributed by atoms with E-state index in [0.717, 1.165) is 16.8 Å². The van der Waals surface area contributed by atoms with E-state index in [9.17, 15) is 4.39 Å². The van der Waals surface area contributed by atoms with Crippen LogP contribution >= 0.6 is 0 Å². The lowest BCUT2D eigenvalue weighted by Gasteiger charge is -2.02. The Balaban J connectivity index is 2.22. The Hall–Kier alpha value is -1.61. The van der Waals surface area contributed by atoms with Gasteiger partial charge in [0.25, 0.3) is 0 Å². The fraction of sp³-hybridized carbons (Fsp3) is 0.167. The predicted octanol–water partition coefficient (Wildman–Crippen LogP) is 2.24. The molecule has 1 aromatic heterocycles. The van der Waals surface area contributed by atoms with Crippen LogP contribution in [0, 0.1) is 5.82 Å². The van der Waals surface area contributed by atoms with E-state index in [-0.39, 0.29) is 12.4 Å². The average molecular weight is 205 g/mol. The van der Waals surface area contributed by atoms with Crippen LogP contribution in [0.3, 0.4) is 0 Å². The maximum absolute atomic E-state index is 12.9. The molecule has 2 nitrogen and oxygen atoms in total. The van der Waals surface area contributed by atoms with Gasteiger partial charge in [0, 0.05) is 11.9 Å². The lowest BCUT2D eigenvalue weighted by atomic mass is 10.1. The molecule has 2 aromatic rings. The minimum Gasteiger partial charge on any atom is -0.390 e. The number of nitrogens with one attached hydrogen (secondary N) is 1. The molecule has 3 heteroatoms. The first-order chi connectivity index (χ1) is 7.29. The quantitative estimate of drug-likeness (QED) is 0.792. The van der Waals surface area contributed by atoms with E-state index in [1.807, 2.05) is 12.1 Å². The molecule has 2 rings (SSSR count). The van der Waals surface area contributed by atoms with Crippen LogP contribution in [-0.4, -0.2) is 10.1 Å². The van der Waals surface area contributed by atoms with Gasteiger partial charge in [-0.1, -0.05) is 12.1 Å². The Morgan fingerprint density at radius 2 is 2.13 bits per heavy atom. The van der Waals surface area contributed by atoms with Crippen LogP contribution in [-0.2, 0) is 13.0 Å². The van der Waals surface area contributed by atoms with E-state index in [1.54, 1.807) is 12.3 Å². The van der Waals surface area contributed by atoms with Crippen molar-refractivity contribution in [3.05, 3.63) is 59.2 Å². The van der Waals surface area contributed by atoms with E-state index in [1.165, 1.54) is 12.1 Å². The molecule has 0 radical (unpaired) electrons. The molecule has 15 heavy (non-hydrogen) atoms. The molecule has 0 aliphatic rings. The van der Waals surface area contributed by atoms with Crippen molar-refractivity contribution in [2.45, 2.75) is 13.0 Å². The molecular weight excluding hydrogens is 193 g/mol. The Morgan fingerprint density at radius 1 is 1.27 bits per heavy atom. The summed E-state index contributed by atoms with van der Waals surface area (Å²) in [5.74, 6) is -0.228. The van der Waals surface area contributed by atoms with Crippen molar-refractivity contribution in [3.8, 4) is 0 Å². The van der Waals surface area contributed by atoms with Crippen molar-refractivity contribution in [2.75, 3.05) is 0 Å². The topological polar surface area (TPSA) is 36.0 Å². The van der Waals surface area contributed by atoms with Gasteiger partial charge in [0.15, 0.2) is 0 Å². The van der Waals surface area contributed by atoms with Gasteiger partial charge < -0.3 is 10.1 Å². The number of halogens is 1. The maximum Gasteiger partial charge on any atom is 0.123 e. The summed E-state index contributed by atoms with van der Waals surface area (Å²) in [7, 11) is 0. The van der Waals surface area contributed by atoms with Crippen LogP contribution in [0.25, 0.3) is 0 Å². The molecule has 0 saturated carbocycles. The fourth-order valence-corrected chi connectivity index (χ4v) is 1.62. The van der Waals surface area contributed by atoms with Gasteiger partial charge in [-0.05, 0) is 35.7 Å². The number of hydrogen-bond acceptors (Lipinski definition) is 1. The smallest absolute Gasteiger partial charge is 0.123 e. The molecule has 0 aliphatic carbocycles. The summed E-state index contributed by atoms with van der Waals surface area (Å²) in [4.78, 5) is 2.95. The molecule has 78 valence electrons. The van der Waals surface area contributed by atoms with Crippen LogP contribution in [0.1, 0.15) is 16.8 Å². The minimum absolute atomic E-state index is 0.0162. The second-order valence-electron chi connectivity index (χ2n) is 3.45. The lowest BCUT2D eigenvalue weighted by Crippen LogP contribution is -1.93. The van der Waals surface area contributed by atoms with E-state index in [2.05, 4.69) is 4.98 Å². The summed E-state index contributed by atoms with van der Waals surface area (Å²) in [6.07, 6.45) is 2.41. The molecule has 0 atom stereocenters. The Labute approximate surface area is 87.4 Å². The summed E-state index contributed by atoms with van der Waals surface area (Å²) in [6, 6.07) is 8.39. The lowest BCUT2D eigenvalue weighted by molar-refractivity contribution is 0.276. The zero-order valence-corrected chi connectivity index (χ0v) is 8.20. The van der Waals surface area contributed by atoms with Gasteiger partial charge in [-0.3, -0.25) is 0 Å². The first-order valence-electron chi connectivity index (χ1n) is 4.80. The van der Waals surface area contributed by atoms with Crippen LogP contribution < -0.4 is 0 Å². The molecule has 0 amide bonds. The molecule has 2 N–H and O–H groups in total. The van der Waals surface area contributed by atoms with Gasteiger partial charge in [-0.25, -0.2) is 4.39 Å². The highest BCUT2D eigenvalue weighted by atomic mass is 19.1. The van der Waals surface area contributed by atoms with Crippen molar-refractivity contribution in [1.82, 2.24) is 4.98 Å². The normalized spacial score (nSPS) is 10.5. The third-order valence-corrected chi connectivity index (χ3v) is 2.37. The van der Waals surface area contributed by atoms with Crippen molar-refractivity contribution in [3.63, 3.8) is 0 Å². The number of aromatic nitrogens is 1. The number of benzene rings is 1. The first kappa shape index (κ1) is 9.93. The second-order valence-corrected chi connectivity index (χ2v) is 3.45. The Bertz CT molecular complexity index is 450. The molecule has 0 fully saturated rings. The third-order valence-electron chi connectivity index (χ3n) is 2.37. The number of hydrogen-bond donors (Lipinski definition) is 2. The summed E-state index contributed by atoms with van der Waals surface area (Å²) in [5.41, 5.74) is 2.70. The molecule has 0 unspecified atom stereocenters. The summed E-state index contributed by atoms with van der Waals surface area (Å²) in [6.45, 7) is -0.0162. The third kappa shape index (κ3) is 2.25. The first-order valence-corrected chi connectivity index (χ1v) is 4.80. The van der Waals surface area contributed by atoms with Gasteiger partial charge in [-0.2, -0.15) is 0 Å². The van der Waals surface area contributed by atoms with Crippen LogP contribution in [0.5, 0.6) is 0 Å². The SMILES string of the molecule is OCc1[nH]ccc1Cc1cccc(F)c1. The highest BCUT2D eigenvalue weighted by molar-refractivity contribution is 5.29. The fourth-order valence-electron chi connectivity index (χ4n) is 1.62. The zero-order valence-electron chi connectivity index (χ0n) is 8.20. The van der Waals surface area contributed by atoms with Gasteiger partial charge in [0.1, 0.15) is 5.82 Å². The molecule has 0 bridgehead atoms. The summed E-state index contributed by atoms with van der Waals surface area (Å²) in [5, 5.41) is 9.03. The molecule has 1 heterocycles. The van der Waals surface area contributed by atoms with E-state index in [0.29, 0.717) is 6.42 Å². The number of aliphatic hydroxyl groups is 1. The van der Waals surface area contributed by atoms with Crippen LogP contribution in [0.15, 0.2) is 36.5 Å². The number of H-pyrrole nitrogens is 1. The Morgan fingerprint density at radius 3 is 2.87 bits per heavy atom. The minimum atomic E-state index is -0.228. The molecule has 0 saturated heterocycles. The zero-order chi connectivity index (χ0) is 10.7. The number of aromatic amines is 1. The maximum atomic E-state index is 12.9. The highest BCUT2D eigenvalue weighted by Crippen LogP contribution is 2.14. The summed E-state index contributed by atoms with van der Waals surface area (Å²) >= 11 is 0. The van der Waals surface area contributed by atoms with E-state index >= 15 is 0 Å². The van der Waals surface area contributed by atoms with Crippen molar-refractivity contribution in [1.29, 1.82) is 0 Å². The van der Waals surface area contributed by atoms with Gasteiger partial charge in [0.05, 0.1) is 6.61 Å². The van der Waals surface area contributed by atoms with Crippen molar-refractivity contribution in [2.24, 2.45) is 0 Å². The molecular formula is C12H12FNO. The van der Waals surface area contributed by atoms with Gasteiger partial charge in [0.2, 0.25) is 0 Å². The van der Waals surface area contributed by atoms with Crippen LogP contribution in [0.2, 0.25) is 0 Å². The standard InChI is InChI=1S/C12H12FNO/c13-11-3-1-2-9(7-11)6-10-4-5-14-12(10)8-15/h1-5,7,14-15H,6,8H2. The Kier molecular flexibility index (Phi) is 2.83. The highest BCUT2D eigenvalue weighted by Gasteiger charge is 2.04. The summed E-state index contributed by atoms with van der Waals surface area (Å²) < 4.78 is 12.9. The predicted molar refractivity (Wildman–Crippen MR) is 55.9 cm³/mol. The molecule has 0 aliphatic heterocycles. The van der Waals surface area contributed by atoms with Crippen LogP contribution in [0.4, 0.5) is 4.39 Å². The molecule has 1 aromatic carbocycles. The van der Waals surface area contributed by atoms with Gasteiger partial charge >= 0.3 is 0 Å².